The van der Waals surface area contributed by atoms with E-state index in [1.54, 1.807) is 0 Å². The van der Waals surface area contributed by atoms with Crippen LogP contribution in [0.3, 0.4) is 0 Å². The van der Waals surface area contributed by atoms with E-state index in [-0.39, 0.29) is 24.8 Å². The van der Waals surface area contributed by atoms with Crippen LogP contribution in [0, 0.1) is 0 Å². The van der Waals surface area contributed by atoms with Crippen molar-refractivity contribution in [2.75, 3.05) is 6.54 Å². The first-order chi connectivity index (χ1) is 5.45. The zero-order chi connectivity index (χ0) is 7.52. The van der Waals surface area contributed by atoms with E-state index in [4.69, 9.17) is 0 Å². The molecule has 5 heteroatoms. The van der Waals surface area contributed by atoms with Gasteiger partial charge in [-0.2, -0.15) is 0 Å². The lowest BCUT2D eigenvalue weighted by Crippen LogP contribution is -2.26. The van der Waals surface area contributed by atoms with Crippen molar-refractivity contribution in [1.29, 1.82) is 0 Å². The molecule has 0 saturated carbocycles. The van der Waals surface area contributed by atoms with Crippen LogP contribution in [0.15, 0.2) is 18.7 Å². The highest BCUT2D eigenvalue weighted by molar-refractivity contribution is 5.85. The topological polar surface area (TPSA) is 29.9 Å². The molecule has 0 unspecified atom stereocenters. The average molecular weight is 224 g/mol. The molecule has 3 nitrogen and oxygen atoms in total. The van der Waals surface area contributed by atoms with Crippen molar-refractivity contribution >= 4 is 24.8 Å². The number of halogens is 2. The van der Waals surface area contributed by atoms with Crippen molar-refractivity contribution in [2.45, 2.75) is 25.4 Å². The van der Waals surface area contributed by atoms with Gasteiger partial charge in [0.2, 0.25) is 0 Å². The van der Waals surface area contributed by atoms with Crippen molar-refractivity contribution in [3.63, 3.8) is 0 Å². The summed E-state index contributed by atoms with van der Waals surface area (Å²) in [7, 11) is 0. The van der Waals surface area contributed by atoms with Gasteiger partial charge in [0, 0.05) is 25.0 Å². The van der Waals surface area contributed by atoms with Crippen molar-refractivity contribution in [3.8, 4) is 0 Å². The van der Waals surface area contributed by atoms with E-state index >= 15 is 0 Å². The second kappa shape index (κ2) is 6.24. The molecule has 0 radical (unpaired) electrons. The molecule has 13 heavy (non-hydrogen) atoms. The van der Waals surface area contributed by atoms with Crippen LogP contribution in [0.4, 0.5) is 0 Å². The van der Waals surface area contributed by atoms with Gasteiger partial charge in [-0.05, 0) is 19.4 Å². The Morgan fingerprint density at radius 1 is 1.46 bits per heavy atom. The third kappa shape index (κ3) is 3.55. The number of hydrogen-bond donors (Lipinski definition) is 1. The minimum absolute atomic E-state index is 0. The number of aromatic nitrogens is 2. The van der Waals surface area contributed by atoms with Crippen LogP contribution in [0.25, 0.3) is 0 Å². The lowest BCUT2D eigenvalue weighted by atomic mass is 10.2. The summed E-state index contributed by atoms with van der Waals surface area (Å²) in [4.78, 5) is 4.00. The van der Waals surface area contributed by atoms with E-state index in [0.29, 0.717) is 6.04 Å². The molecule has 2 rings (SSSR count). The van der Waals surface area contributed by atoms with Gasteiger partial charge in [-0.1, -0.05) is 0 Å². The first kappa shape index (κ1) is 12.8. The summed E-state index contributed by atoms with van der Waals surface area (Å²) in [5.74, 6) is 0. The van der Waals surface area contributed by atoms with E-state index in [9.17, 15) is 0 Å². The molecule has 1 N–H and O–H groups in total. The van der Waals surface area contributed by atoms with E-state index in [1.807, 2.05) is 18.7 Å². The number of imidazole rings is 1. The van der Waals surface area contributed by atoms with Crippen molar-refractivity contribution in [1.82, 2.24) is 14.9 Å². The SMILES string of the molecule is Cl.Cl.c1cn(C[C@@H]2CCCN2)cn1. The van der Waals surface area contributed by atoms with Crippen LogP contribution in [0.5, 0.6) is 0 Å². The molecule has 1 aliphatic heterocycles. The zero-order valence-electron chi connectivity index (χ0n) is 7.35. The fourth-order valence-electron chi connectivity index (χ4n) is 1.56. The Kier molecular flexibility index (Phi) is 6.12. The standard InChI is InChI=1S/C8H13N3.2ClH/c1-2-8(10-3-1)6-11-5-4-9-7-11;;/h4-5,7-8,10H,1-3,6H2;2*1H/t8-;;/m0../s1. The highest BCUT2D eigenvalue weighted by Gasteiger charge is 2.13. The molecule has 2 heterocycles. The number of hydrogen-bond acceptors (Lipinski definition) is 2. The molecule has 0 aliphatic carbocycles. The molecule has 1 saturated heterocycles. The lowest BCUT2D eigenvalue weighted by Gasteiger charge is -2.09. The van der Waals surface area contributed by atoms with Crippen LogP contribution >= 0.6 is 24.8 Å². The molecule has 0 bridgehead atoms. The molecular formula is C8H15Cl2N3. The van der Waals surface area contributed by atoms with Crippen molar-refractivity contribution in [2.24, 2.45) is 0 Å². The van der Waals surface area contributed by atoms with Crippen LogP contribution in [0.1, 0.15) is 12.8 Å². The van der Waals surface area contributed by atoms with Gasteiger partial charge in [0.25, 0.3) is 0 Å². The summed E-state index contributed by atoms with van der Waals surface area (Å²) in [6.45, 7) is 2.25. The summed E-state index contributed by atoms with van der Waals surface area (Å²) in [6, 6.07) is 0.671. The van der Waals surface area contributed by atoms with Crippen molar-refractivity contribution < 1.29 is 0 Å². The molecule has 1 aromatic heterocycles. The predicted octanol–water partition coefficient (Wildman–Crippen LogP) is 1.48. The Labute approximate surface area is 90.7 Å². The van der Waals surface area contributed by atoms with Crippen LogP contribution < -0.4 is 5.32 Å². The van der Waals surface area contributed by atoms with Crippen molar-refractivity contribution in [3.05, 3.63) is 18.7 Å². The molecular weight excluding hydrogens is 209 g/mol. The Bertz CT molecular complexity index is 207. The highest BCUT2D eigenvalue weighted by Crippen LogP contribution is 2.06. The van der Waals surface area contributed by atoms with Gasteiger partial charge in [0.05, 0.1) is 6.33 Å². The third-order valence-corrected chi connectivity index (χ3v) is 2.15. The summed E-state index contributed by atoms with van der Waals surface area (Å²) in [5.41, 5.74) is 0. The van der Waals surface area contributed by atoms with Gasteiger partial charge < -0.3 is 9.88 Å². The summed E-state index contributed by atoms with van der Waals surface area (Å²) >= 11 is 0. The lowest BCUT2D eigenvalue weighted by molar-refractivity contribution is 0.509. The maximum atomic E-state index is 4.00. The van der Waals surface area contributed by atoms with E-state index < -0.39 is 0 Å². The van der Waals surface area contributed by atoms with E-state index in [1.165, 1.54) is 19.4 Å². The maximum Gasteiger partial charge on any atom is 0.0946 e. The minimum atomic E-state index is 0. The largest absolute Gasteiger partial charge is 0.336 e. The van der Waals surface area contributed by atoms with Gasteiger partial charge in [0.15, 0.2) is 0 Å². The Balaban J connectivity index is 0.000000720. The highest BCUT2D eigenvalue weighted by atomic mass is 35.5. The Hall–Kier alpha value is -0.250. The van der Waals surface area contributed by atoms with Crippen LogP contribution in [0.2, 0.25) is 0 Å². The fraction of sp³-hybridized carbons (Fsp3) is 0.625. The van der Waals surface area contributed by atoms with Gasteiger partial charge >= 0.3 is 0 Å². The molecule has 0 aromatic carbocycles. The molecule has 0 amide bonds. The van der Waals surface area contributed by atoms with Gasteiger partial charge in [-0.15, -0.1) is 24.8 Å². The monoisotopic (exact) mass is 223 g/mol. The van der Waals surface area contributed by atoms with Gasteiger partial charge in [0.1, 0.15) is 0 Å². The second-order valence-corrected chi connectivity index (χ2v) is 3.05. The first-order valence-corrected chi connectivity index (χ1v) is 4.14. The molecule has 0 spiro atoms. The Morgan fingerprint density at radius 3 is 2.85 bits per heavy atom. The number of rotatable bonds is 2. The normalized spacial score (nSPS) is 20.5. The molecule has 76 valence electrons. The average Bonchev–Trinajstić information content (AvgIpc) is 2.60. The predicted molar refractivity (Wildman–Crippen MR) is 57.7 cm³/mol. The minimum Gasteiger partial charge on any atom is -0.336 e. The maximum absolute atomic E-state index is 4.00. The van der Waals surface area contributed by atoms with Crippen LogP contribution in [-0.2, 0) is 6.54 Å². The van der Waals surface area contributed by atoms with E-state index in [2.05, 4.69) is 14.9 Å². The van der Waals surface area contributed by atoms with Gasteiger partial charge in [-0.25, -0.2) is 4.98 Å². The summed E-state index contributed by atoms with van der Waals surface area (Å²) in [6.07, 6.45) is 8.34. The summed E-state index contributed by atoms with van der Waals surface area (Å²) < 4.78 is 2.13. The third-order valence-electron chi connectivity index (χ3n) is 2.15. The molecule has 1 aromatic rings. The number of nitrogens with one attached hydrogen (secondary N) is 1. The van der Waals surface area contributed by atoms with Crippen LogP contribution in [-0.4, -0.2) is 22.1 Å². The summed E-state index contributed by atoms with van der Waals surface area (Å²) in [5, 5.41) is 3.45. The molecule has 1 aliphatic rings. The molecule has 1 atom stereocenters. The Morgan fingerprint density at radius 2 is 2.31 bits per heavy atom. The van der Waals surface area contributed by atoms with E-state index in [0.717, 1.165) is 6.54 Å². The first-order valence-electron chi connectivity index (χ1n) is 4.14. The smallest absolute Gasteiger partial charge is 0.0946 e. The quantitative estimate of drug-likeness (QED) is 0.824. The fourth-order valence-corrected chi connectivity index (χ4v) is 1.56. The number of nitrogens with zero attached hydrogens (tertiary/aromatic N) is 2. The zero-order valence-corrected chi connectivity index (χ0v) is 8.98. The molecule has 1 fully saturated rings. The van der Waals surface area contributed by atoms with Gasteiger partial charge in [-0.3, -0.25) is 0 Å². The second-order valence-electron chi connectivity index (χ2n) is 3.05.